The normalized spacial score (nSPS) is 9.69. The number of hydrogen-bond donors (Lipinski definition) is 2. The van der Waals surface area contributed by atoms with E-state index in [1.807, 2.05) is 0 Å². The minimum Gasteiger partial charge on any atom is -0.370 e. The molecule has 70 valence electrons. The van der Waals surface area contributed by atoms with Crippen molar-refractivity contribution in [3.05, 3.63) is 35.4 Å². The van der Waals surface area contributed by atoms with Crippen LogP contribution in [0.3, 0.4) is 0 Å². The van der Waals surface area contributed by atoms with Crippen LogP contribution in [0.5, 0.6) is 0 Å². The second kappa shape index (κ2) is 3.84. The lowest BCUT2D eigenvalue weighted by Crippen LogP contribution is -2.22. The number of nitrogens with two attached hydrogens (primary N) is 2. The van der Waals surface area contributed by atoms with Gasteiger partial charge in [-0.1, -0.05) is 0 Å². The van der Waals surface area contributed by atoms with Gasteiger partial charge < -0.3 is 11.5 Å². The van der Waals surface area contributed by atoms with Crippen LogP contribution in [0.4, 0.5) is 8.78 Å². The third-order valence-corrected chi connectivity index (χ3v) is 1.37. The van der Waals surface area contributed by atoms with E-state index < -0.39 is 11.6 Å². The number of guanidine groups is 1. The number of aliphatic imine (C=N–C) groups is 1. The molecule has 0 spiro atoms. The van der Waals surface area contributed by atoms with Gasteiger partial charge >= 0.3 is 0 Å². The van der Waals surface area contributed by atoms with Crippen LogP contribution in [-0.2, 0) is 6.54 Å². The summed E-state index contributed by atoms with van der Waals surface area (Å²) >= 11 is 0. The Balaban J connectivity index is 2.83. The highest BCUT2D eigenvalue weighted by Gasteiger charge is 1.99. The van der Waals surface area contributed by atoms with Gasteiger partial charge in [0.15, 0.2) is 5.96 Å². The molecule has 0 heterocycles. The van der Waals surface area contributed by atoms with Crippen molar-refractivity contribution < 1.29 is 8.78 Å². The van der Waals surface area contributed by atoms with E-state index in [9.17, 15) is 8.78 Å². The van der Waals surface area contributed by atoms with Crippen LogP contribution >= 0.6 is 0 Å². The lowest BCUT2D eigenvalue weighted by Gasteiger charge is -1.98. The highest BCUT2D eigenvalue weighted by Crippen LogP contribution is 2.08. The molecule has 4 N–H and O–H groups in total. The van der Waals surface area contributed by atoms with Crippen molar-refractivity contribution in [2.24, 2.45) is 16.5 Å². The van der Waals surface area contributed by atoms with Crippen LogP contribution in [0.15, 0.2) is 23.2 Å². The van der Waals surface area contributed by atoms with Gasteiger partial charge in [-0.25, -0.2) is 13.8 Å². The molecular weight excluding hydrogens is 176 g/mol. The highest BCUT2D eigenvalue weighted by atomic mass is 19.1. The van der Waals surface area contributed by atoms with Crippen molar-refractivity contribution in [3.63, 3.8) is 0 Å². The molecule has 0 atom stereocenters. The second-order valence-electron chi connectivity index (χ2n) is 2.52. The van der Waals surface area contributed by atoms with Gasteiger partial charge in [0, 0.05) is 6.07 Å². The summed E-state index contributed by atoms with van der Waals surface area (Å²) < 4.78 is 25.2. The van der Waals surface area contributed by atoms with E-state index in [-0.39, 0.29) is 12.5 Å². The molecule has 13 heavy (non-hydrogen) atoms. The molecule has 0 unspecified atom stereocenters. The zero-order valence-electron chi connectivity index (χ0n) is 6.80. The van der Waals surface area contributed by atoms with Crippen LogP contribution in [0.2, 0.25) is 0 Å². The summed E-state index contributed by atoms with van der Waals surface area (Å²) in [4.78, 5) is 3.62. The average molecular weight is 185 g/mol. The Hall–Kier alpha value is -1.65. The van der Waals surface area contributed by atoms with Crippen molar-refractivity contribution in [1.29, 1.82) is 0 Å². The lowest BCUT2D eigenvalue weighted by atomic mass is 10.2. The quantitative estimate of drug-likeness (QED) is 0.527. The first-order valence-electron chi connectivity index (χ1n) is 3.58. The molecule has 1 aromatic carbocycles. The van der Waals surface area contributed by atoms with E-state index in [2.05, 4.69) is 4.99 Å². The molecule has 0 aliphatic heterocycles. The maximum absolute atomic E-state index is 12.6. The molecule has 1 rings (SSSR count). The number of rotatable bonds is 2. The first-order chi connectivity index (χ1) is 6.08. The molecule has 0 aliphatic rings. The zero-order chi connectivity index (χ0) is 9.84. The topological polar surface area (TPSA) is 64.4 Å². The Morgan fingerprint density at radius 1 is 1.15 bits per heavy atom. The van der Waals surface area contributed by atoms with Gasteiger partial charge in [0.05, 0.1) is 6.54 Å². The minimum absolute atomic E-state index is 0.0804. The van der Waals surface area contributed by atoms with Gasteiger partial charge in [-0.2, -0.15) is 0 Å². The molecule has 1 aromatic rings. The molecule has 0 saturated heterocycles. The van der Waals surface area contributed by atoms with E-state index in [0.717, 1.165) is 6.07 Å². The molecule has 0 fully saturated rings. The van der Waals surface area contributed by atoms with E-state index >= 15 is 0 Å². The molecular formula is C8H9F2N3. The maximum atomic E-state index is 12.6. The predicted molar refractivity (Wildman–Crippen MR) is 45.9 cm³/mol. The molecule has 0 amide bonds. The first-order valence-corrected chi connectivity index (χ1v) is 3.58. The number of hydrogen-bond acceptors (Lipinski definition) is 1. The summed E-state index contributed by atoms with van der Waals surface area (Å²) in [6.07, 6.45) is 0. The summed E-state index contributed by atoms with van der Waals surface area (Å²) in [6.45, 7) is 0.0804. The highest BCUT2D eigenvalue weighted by molar-refractivity contribution is 5.75. The fourth-order valence-electron chi connectivity index (χ4n) is 0.885. The lowest BCUT2D eigenvalue weighted by molar-refractivity contribution is 0.580. The van der Waals surface area contributed by atoms with Crippen LogP contribution in [-0.4, -0.2) is 5.96 Å². The molecule has 0 saturated carbocycles. The Labute approximate surface area is 74.1 Å². The standard InChI is InChI=1S/C8H9F2N3/c9-6-1-5(2-7(10)3-6)4-13-8(11)12/h1-3H,4H2,(H4,11,12,13). The maximum Gasteiger partial charge on any atom is 0.186 e. The van der Waals surface area contributed by atoms with Gasteiger partial charge in [0.2, 0.25) is 0 Å². The minimum atomic E-state index is -0.638. The van der Waals surface area contributed by atoms with E-state index in [0.29, 0.717) is 5.56 Å². The van der Waals surface area contributed by atoms with Crippen molar-refractivity contribution in [3.8, 4) is 0 Å². The van der Waals surface area contributed by atoms with Crippen molar-refractivity contribution >= 4 is 5.96 Å². The van der Waals surface area contributed by atoms with Gasteiger partial charge in [0.25, 0.3) is 0 Å². The van der Waals surface area contributed by atoms with Gasteiger partial charge in [-0.15, -0.1) is 0 Å². The van der Waals surface area contributed by atoms with E-state index in [4.69, 9.17) is 11.5 Å². The fraction of sp³-hybridized carbons (Fsp3) is 0.125. The monoisotopic (exact) mass is 185 g/mol. The van der Waals surface area contributed by atoms with Crippen molar-refractivity contribution in [2.75, 3.05) is 0 Å². The van der Waals surface area contributed by atoms with Crippen molar-refractivity contribution in [1.82, 2.24) is 0 Å². The second-order valence-corrected chi connectivity index (χ2v) is 2.52. The Kier molecular flexibility index (Phi) is 2.79. The van der Waals surface area contributed by atoms with Crippen LogP contribution in [0.1, 0.15) is 5.56 Å². The van der Waals surface area contributed by atoms with Crippen LogP contribution in [0.25, 0.3) is 0 Å². The molecule has 0 aliphatic carbocycles. The van der Waals surface area contributed by atoms with E-state index in [1.165, 1.54) is 12.1 Å². The number of nitrogens with zero attached hydrogens (tertiary/aromatic N) is 1. The van der Waals surface area contributed by atoms with Gasteiger partial charge in [-0.05, 0) is 17.7 Å². The fourth-order valence-corrected chi connectivity index (χ4v) is 0.885. The van der Waals surface area contributed by atoms with Crippen LogP contribution in [0, 0.1) is 11.6 Å². The van der Waals surface area contributed by atoms with E-state index in [1.54, 1.807) is 0 Å². The SMILES string of the molecule is NC(N)=NCc1cc(F)cc(F)c1. The average Bonchev–Trinajstić information content (AvgIpc) is 1.99. The molecule has 0 bridgehead atoms. The van der Waals surface area contributed by atoms with Gasteiger partial charge in [0.1, 0.15) is 11.6 Å². The predicted octanol–water partition coefficient (Wildman–Crippen LogP) is 0.738. The summed E-state index contributed by atoms with van der Waals surface area (Å²) in [7, 11) is 0. The largest absolute Gasteiger partial charge is 0.370 e. The summed E-state index contributed by atoms with van der Waals surface area (Å²) in [5.41, 5.74) is 10.5. The first kappa shape index (κ1) is 9.44. The van der Waals surface area contributed by atoms with Gasteiger partial charge in [-0.3, -0.25) is 0 Å². The smallest absolute Gasteiger partial charge is 0.186 e. The van der Waals surface area contributed by atoms with Crippen molar-refractivity contribution in [2.45, 2.75) is 6.54 Å². The molecule has 3 nitrogen and oxygen atoms in total. The third kappa shape index (κ3) is 3.06. The zero-order valence-corrected chi connectivity index (χ0v) is 6.80. The summed E-state index contributed by atoms with van der Waals surface area (Å²) in [6, 6.07) is 3.14. The molecule has 0 radical (unpaired) electrons. The Morgan fingerprint density at radius 2 is 1.69 bits per heavy atom. The molecule has 5 heteroatoms. The third-order valence-electron chi connectivity index (χ3n) is 1.37. The van der Waals surface area contributed by atoms with Crippen LogP contribution < -0.4 is 11.5 Å². The summed E-state index contributed by atoms with van der Waals surface area (Å²) in [5, 5.41) is 0. The number of halogens is 2. The summed E-state index contributed by atoms with van der Waals surface area (Å²) in [5.74, 6) is -1.38. The Bertz CT molecular complexity index is 312. The Morgan fingerprint density at radius 3 is 2.15 bits per heavy atom. The number of benzene rings is 1. The molecule has 0 aromatic heterocycles.